The van der Waals surface area contributed by atoms with E-state index in [2.05, 4.69) is 204 Å². The average Bonchev–Trinajstić information content (AvgIpc) is 3.38. The lowest BCUT2D eigenvalue weighted by atomic mass is 9.78. The van der Waals surface area contributed by atoms with E-state index < -0.39 is 0 Å². The first-order valence-corrected chi connectivity index (χ1v) is 23.4. The predicted molar refractivity (Wildman–Crippen MR) is 274 cm³/mol. The molecule has 0 saturated carbocycles. The maximum absolute atomic E-state index is 2.65. The SMILES string of the molecule is c1ccc(N(c2ccc3c4ccccc4c4ccccc4c3c2)c2c3c(c(N(c4ccccc4)c4ccc5c6ccccc6c6ccccc6c5c4)c4c2CCCC4)CCCC3)cc1. The number of para-hydroxylation sites is 2. The summed E-state index contributed by atoms with van der Waals surface area (Å²) in [5.74, 6) is 0. The molecule has 2 aliphatic carbocycles. The number of benzene rings is 11. The molecule has 0 unspecified atom stereocenters. The summed E-state index contributed by atoms with van der Waals surface area (Å²) in [6.07, 6.45) is 9.01. The summed E-state index contributed by atoms with van der Waals surface area (Å²) < 4.78 is 0. The van der Waals surface area contributed by atoms with Gasteiger partial charge in [-0.05, 0) is 187 Å². The molecule has 306 valence electrons. The average molecular weight is 821 g/mol. The topological polar surface area (TPSA) is 6.48 Å². The molecule has 0 bridgehead atoms. The van der Waals surface area contributed by atoms with Gasteiger partial charge < -0.3 is 9.80 Å². The highest BCUT2D eigenvalue weighted by Crippen LogP contribution is 2.53. The molecule has 0 saturated heterocycles. The van der Waals surface area contributed by atoms with E-state index in [0.29, 0.717) is 0 Å². The third-order valence-corrected chi connectivity index (χ3v) is 14.5. The summed E-state index contributed by atoms with van der Waals surface area (Å²) in [6, 6.07) is 72.8. The van der Waals surface area contributed by atoms with Gasteiger partial charge in [0.1, 0.15) is 0 Å². The summed E-state index contributed by atoms with van der Waals surface area (Å²) >= 11 is 0. The van der Waals surface area contributed by atoms with Crippen molar-refractivity contribution in [2.75, 3.05) is 9.80 Å². The van der Waals surface area contributed by atoms with E-state index in [1.165, 1.54) is 147 Å². The van der Waals surface area contributed by atoms with Gasteiger partial charge in [-0.25, -0.2) is 0 Å². The van der Waals surface area contributed by atoms with Crippen LogP contribution in [0.25, 0.3) is 64.6 Å². The van der Waals surface area contributed by atoms with Crippen LogP contribution in [0.1, 0.15) is 47.9 Å². The van der Waals surface area contributed by atoms with Gasteiger partial charge >= 0.3 is 0 Å². The van der Waals surface area contributed by atoms with Crippen molar-refractivity contribution >= 4 is 98.8 Å². The summed E-state index contributed by atoms with van der Waals surface area (Å²) in [5.41, 5.74) is 13.8. The Morgan fingerprint density at radius 3 is 0.766 bits per heavy atom. The van der Waals surface area contributed by atoms with E-state index in [-0.39, 0.29) is 0 Å². The van der Waals surface area contributed by atoms with Gasteiger partial charge in [0.2, 0.25) is 0 Å². The summed E-state index contributed by atoms with van der Waals surface area (Å²) in [6.45, 7) is 0. The molecule has 2 aliphatic rings. The number of rotatable bonds is 6. The molecule has 0 atom stereocenters. The number of hydrogen-bond donors (Lipinski definition) is 0. The molecule has 0 aliphatic heterocycles. The van der Waals surface area contributed by atoms with Gasteiger partial charge in [0.25, 0.3) is 0 Å². The Morgan fingerprint density at radius 1 is 0.219 bits per heavy atom. The first-order valence-electron chi connectivity index (χ1n) is 23.4. The first-order chi connectivity index (χ1) is 31.8. The van der Waals surface area contributed by atoms with Crippen molar-refractivity contribution in [2.45, 2.75) is 51.4 Å². The van der Waals surface area contributed by atoms with Crippen LogP contribution in [0.15, 0.2) is 194 Å². The monoisotopic (exact) mass is 820 g/mol. The molecule has 11 aromatic carbocycles. The number of nitrogens with zero attached hydrogens (tertiary/aromatic N) is 2. The lowest BCUT2D eigenvalue weighted by Crippen LogP contribution is -2.25. The van der Waals surface area contributed by atoms with Crippen LogP contribution in [0.2, 0.25) is 0 Å². The molecule has 13 rings (SSSR count). The van der Waals surface area contributed by atoms with Crippen molar-refractivity contribution in [3.05, 3.63) is 216 Å². The molecule has 0 amide bonds. The van der Waals surface area contributed by atoms with Gasteiger partial charge in [0, 0.05) is 22.7 Å². The molecule has 2 nitrogen and oxygen atoms in total. The smallest absolute Gasteiger partial charge is 0.0532 e. The van der Waals surface area contributed by atoms with Crippen LogP contribution in [0.5, 0.6) is 0 Å². The molecule has 0 fully saturated rings. The van der Waals surface area contributed by atoms with E-state index in [0.717, 1.165) is 25.7 Å². The molecule has 0 heterocycles. The number of fused-ring (bicyclic) bond motifs is 14. The van der Waals surface area contributed by atoms with E-state index in [1.54, 1.807) is 0 Å². The summed E-state index contributed by atoms with van der Waals surface area (Å²) in [7, 11) is 0. The number of anilines is 6. The van der Waals surface area contributed by atoms with Crippen LogP contribution in [0, 0.1) is 0 Å². The van der Waals surface area contributed by atoms with Crippen LogP contribution in [0.4, 0.5) is 34.1 Å². The van der Waals surface area contributed by atoms with Gasteiger partial charge in [-0.2, -0.15) is 0 Å². The second kappa shape index (κ2) is 15.1. The molecule has 11 aromatic rings. The highest BCUT2D eigenvalue weighted by atomic mass is 15.2. The van der Waals surface area contributed by atoms with Gasteiger partial charge in [-0.15, -0.1) is 0 Å². The molecule has 0 spiro atoms. The normalized spacial score (nSPS) is 13.8. The van der Waals surface area contributed by atoms with Crippen LogP contribution in [0.3, 0.4) is 0 Å². The van der Waals surface area contributed by atoms with Crippen molar-refractivity contribution < 1.29 is 0 Å². The molecule has 64 heavy (non-hydrogen) atoms. The molecular formula is C62H48N2. The van der Waals surface area contributed by atoms with Crippen LogP contribution in [-0.2, 0) is 25.7 Å². The molecule has 0 aromatic heterocycles. The fourth-order valence-electron chi connectivity index (χ4n) is 11.8. The lowest BCUT2D eigenvalue weighted by molar-refractivity contribution is 0.659. The van der Waals surface area contributed by atoms with Gasteiger partial charge in [-0.1, -0.05) is 146 Å². The van der Waals surface area contributed by atoms with E-state index in [1.807, 2.05) is 0 Å². The zero-order chi connectivity index (χ0) is 42.1. The second-order valence-electron chi connectivity index (χ2n) is 18.0. The van der Waals surface area contributed by atoms with Gasteiger partial charge in [-0.3, -0.25) is 0 Å². The third-order valence-electron chi connectivity index (χ3n) is 14.5. The van der Waals surface area contributed by atoms with Crippen molar-refractivity contribution in [3.63, 3.8) is 0 Å². The first kappa shape index (κ1) is 37.2. The minimum absolute atomic E-state index is 1.06. The second-order valence-corrected chi connectivity index (χ2v) is 18.0. The highest BCUT2D eigenvalue weighted by molar-refractivity contribution is 6.27. The standard InChI is InChI=1S/C62H48N2/c1-3-19-41(20-4-1)63(43-35-37-53-49-27-9-7-23-45(49)47-25-11-13-29-51(47)59(53)39-43)61-55-31-15-17-33-57(55)62(58-34-18-16-32-56(58)61)64(42-21-5-2-6-22-42)44-36-38-54-50-28-10-8-24-46(50)48-26-12-14-30-52(48)60(54)40-44/h1-14,19-30,35-40H,15-18,31-34H2. The lowest BCUT2D eigenvalue weighted by Gasteiger charge is -2.40. The van der Waals surface area contributed by atoms with Gasteiger partial charge in [0.05, 0.1) is 11.4 Å². The molecular weight excluding hydrogens is 773 g/mol. The molecule has 2 heteroatoms. The Bertz CT molecular complexity index is 3280. The maximum atomic E-state index is 2.65. The third kappa shape index (κ3) is 5.78. The minimum atomic E-state index is 1.06. The van der Waals surface area contributed by atoms with Crippen molar-refractivity contribution in [1.29, 1.82) is 0 Å². The Balaban J connectivity index is 1.09. The molecule has 0 radical (unpaired) electrons. The minimum Gasteiger partial charge on any atom is -0.310 e. The van der Waals surface area contributed by atoms with Crippen LogP contribution >= 0.6 is 0 Å². The van der Waals surface area contributed by atoms with Gasteiger partial charge in [0.15, 0.2) is 0 Å². The number of hydrogen-bond acceptors (Lipinski definition) is 2. The fraction of sp³-hybridized carbons (Fsp3) is 0.129. The Kier molecular flexibility index (Phi) is 8.79. The Morgan fingerprint density at radius 2 is 0.469 bits per heavy atom. The van der Waals surface area contributed by atoms with Crippen molar-refractivity contribution in [2.24, 2.45) is 0 Å². The predicted octanol–water partition coefficient (Wildman–Crippen LogP) is 17.3. The summed E-state index contributed by atoms with van der Waals surface area (Å²) in [4.78, 5) is 5.31. The highest BCUT2D eigenvalue weighted by Gasteiger charge is 2.34. The molecule has 0 N–H and O–H groups in total. The van der Waals surface area contributed by atoms with Crippen LogP contribution < -0.4 is 9.80 Å². The largest absolute Gasteiger partial charge is 0.310 e. The Hall–Kier alpha value is -7.42. The quantitative estimate of drug-likeness (QED) is 0.122. The maximum Gasteiger partial charge on any atom is 0.0532 e. The van der Waals surface area contributed by atoms with Crippen LogP contribution in [-0.4, -0.2) is 0 Å². The Labute approximate surface area is 374 Å². The van der Waals surface area contributed by atoms with Crippen molar-refractivity contribution in [3.8, 4) is 0 Å². The van der Waals surface area contributed by atoms with E-state index >= 15 is 0 Å². The van der Waals surface area contributed by atoms with E-state index in [4.69, 9.17) is 0 Å². The van der Waals surface area contributed by atoms with Crippen molar-refractivity contribution in [1.82, 2.24) is 0 Å². The fourth-order valence-corrected chi connectivity index (χ4v) is 11.8. The zero-order valence-corrected chi connectivity index (χ0v) is 36.0. The summed E-state index contributed by atoms with van der Waals surface area (Å²) in [5, 5.41) is 15.7. The van der Waals surface area contributed by atoms with E-state index in [9.17, 15) is 0 Å². The zero-order valence-electron chi connectivity index (χ0n) is 36.0.